The molecule has 19 heavy (non-hydrogen) atoms. The minimum absolute atomic E-state index is 0.597. The van der Waals surface area contributed by atoms with Gasteiger partial charge in [0.1, 0.15) is 17.9 Å². The molecule has 0 unspecified atom stereocenters. The molecule has 0 aliphatic heterocycles. The number of ether oxygens (including phenoxy) is 1. The van der Waals surface area contributed by atoms with E-state index in [1.165, 1.54) is 11.9 Å². The fourth-order valence-electron chi connectivity index (χ4n) is 1.80. The summed E-state index contributed by atoms with van der Waals surface area (Å²) >= 11 is 0. The second-order valence-corrected chi connectivity index (χ2v) is 4.55. The molecule has 1 N–H and O–H groups in total. The van der Waals surface area contributed by atoms with Crippen molar-refractivity contribution >= 4 is 5.82 Å². The lowest BCUT2D eigenvalue weighted by Crippen LogP contribution is -2.04. The number of aromatic nitrogens is 2. The summed E-state index contributed by atoms with van der Waals surface area (Å²) < 4.78 is 5.92. The van der Waals surface area contributed by atoms with Crippen LogP contribution < -0.4 is 10.1 Å². The SMILES string of the molecule is CCNc1ncnc(Oc2cc(C)ccc2C)c1C. The van der Waals surface area contributed by atoms with Crippen LogP contribution in [0.3, 0.4) is 0 Å². The maximum Gasteiger partial charge on any atom is 0.227 e. The van der Waals surface area contributed by atoms with Crippen LogP contribution in [-0.4, -0.2) is 16.5 Å². The van der Waals surface area contributed by atoms with Gasteiger partial charge in [-0.05, 0) is 44.9 Å². The Balaban J connectivity index is 2.33. The number of nitrogens with zero attached hydrogens (tertiary/aromatic N) is 2. The highest BCUT2D eigenvalue weighted by molar-refractivity contribution is 5.49. The Morgan fingerprint density at radius 1 is 1.16 bits per heavy atom. The molecular weight excluding hydrogens is 238 g/mol. The van der Waals surface area contributed by atoms with Crippen LogP contribution in [0.1, 0.15) is 23.6 Å². The maximum atomic E-state index is 5.92. The molecule has 1 heterocycles. The third-order valence-electron chi connectivity index (χ3n) is 2.93. The summed E-state index contributed by atoms with van der Waals surface area (Å²) in [5.74, 6) is 2.25. The summed E-state index contributed by atoms with van der Waals surface area (Å²) in [5, 5.41) is 3.20. The van der Waals surface area contributed by atoms with E-state index in [0.29, 0.717) is 5.88 Å². The third kappa shape index (κ3) is 3.02. The van der Waals surface area contributed by atoms with E-state index in [9.17, 15) is 0 Å². The number of rotatable bonds is 4. The van der Waals surface area contributed by atoms with Gasteiger partial charge in [-0.1, -0.05) is 12.1 Å². The standard InChI is InChI=1S/C15H19N3O/c1-5-16-14-12(4)15(18-9-17-14)19-13-8-10(2)6-7-11(13)3/h6-9H,5H2,1-4H3,(H,16,17,18). The molecule has 0 saturated carbocycles. The molecule has 0 saturated heterocycles. The Hall–Kier alpha value is -2.10. The zero-order valence-corrected chi connectivity index (χ0v) is 11.8. The molecule has 0 aliphatic carbocycles. The molecule has 4 nitrogen and oxygen atoms in total. The van der Waals surface area contributed by atoms with E-state index < -0.39 is 0 Å². The molecule has 0 aliphatic rings. The minimum Gasteiger partial charge on any atom is -0.438 e. The van der Waals surface area contributed by atoms with E-state index in [0.717, 1.165) is 29.2 Å². The van der Waals surface area contributed by atoms with E-state index in [1.54, 1.807) is 0 Å². The van der Waals surface area contributed by atoms with Crippen molar-refractivity contribution in [2.45, 2.75) is 27.7 Å². The third-order valence-corrected chi connectivity index (χ3v) is 2.93. The maximum absolute atomic E-state index is 5.92. The van der Waals surface area contributed by atoms with E-state index >= 15 is 0 Å². The molecule has 0 radical (unpaired) electrons. The highest BCUT2D eigenvalue weighted by atomic mass is 16.5. The first-order valence-corrected chi connectivity index (χ1v) is 6.42. The molecular formula is C15H19N3O. The van der Waals surface area contributed by atoms with Gasteiger partial charge >= 0.3 is 0 Å². The minimum atomic E-state index is 0.597. The van der Waals surface area contributed by atoms with Crippen LogP contribution in [0.2, 0.25) is 0 Å². The Labute approximate surface area is 113 Å². The lowest BCUT2D eigenvalue weighted by atomic mass is 10.1. The van der Waals surface area contributed by atoms with Crippen molar-refractivity contribution in [3.63, 3.8) is 0 Å². The summed E-state index contributed by atoms with van der Waals surface area (Å²) in [6, 6.07) is 6.13. The average molecular weight is 257 g/mol. The van der Waals surface area contributed by atoms with Gasteiger partial charge < -0.3 is 10.1 Å². The van der Waals surface area contributed by atoms with Gasteiger partial charge in [-0.3, -0.25) is 0 Å². The quantitative estimate of drug-likeness (QED) is 0.908. The first kappa shape index (κ1) is 13.3. The summed E-state index contributed by atoms with van der Waals surface area (Å²) in [4.78, 5) is 8.42. The second-order valence-electron chi connectivity index (χ2n) is 4.55. The molecule has 4 heteroatoms. The molecule has 0 fully saturated rings. The molecule has 1 aromatic heterocycles. The highest BCUT2D eigenvalue weighted by Crippen LogP contribution is 2.28. The van der Waals surface area contributed by atoms with Crippen LogP contribution in [0.5, 0.6) is 11.6 Å². The Morgan fingerprint density at radius 2 is 1.95 bits per heavy atom. The van der Waals surface area contributed by atoms with Crippen LogP contribution in [0.4, 0.5) is 5.82 Å². The predicted molar refractivity (Wildman–Crippen MR) is 76.9 cm³/mol. The van der Waals surface area contributed by atoms with Crippen LogP contribution in [0.15, 0.2) is 24.5 Å². The van der Waals surface area contributed by atoms with Crippen molar-refractivity contribution in [3.8, 4) is 11.6 Å². The van der Waals surface area contributed by atoms with Crippen molar-refractivity contribution < 1.29 is 4.74 Å². The number of hydrogen-bond acceptors (Lipinski definition) is 4. The molecule has 0 amide bonds. The molecule has 0 spiro atoms. The van der Waals surface area contributed by atoms with Gasteiger partial charge in [-0.2, -0.15) is 0 Å². The molecule has 1 aromatic carbocycles. The van der Waals surface area contributed by atoms with Crippen molar-refractivity contribution in [1.82, 2.24) is 9.97 Å². The van der Waals surface area contributed by atoms with Crippen molar-refractivity contribution in [2.24, 2.45) is 0 Å². The molecule has 0 bridgehead atoms. The number of anilines is 1. The van der Waals surface area contributed by atoms with Gasteiger partial charge in [0.15, 0.2) is 0 Å². The lowest BCUT2D eigenvalue weighted by molar-refractivity contribution is 0.454. The molecule has 100 valence electrons. The Kier molecular flexibility index (Phi) is 4.00. The highest BCUT2D eigenvalue weighted by Gasteiger charge is 2.10. The predicted octanol–water partition coefficient (Wildman–Crippen LogP) is 3.63. The number of benzene rings is 1. The van der Waals surface area contributed by atoms with Gasteiger partial charge in [0, 0.05) is 6.54 Å². The van der Waals surface area contributed by atoms with E-state index in [2.05, 4.69) is 21.4 Å². The van der Waals surface area contributed by atoms with Crippen LogP contribution in [0.25, 0.3) is 0 Å². The summed E-state index contributed by atoms with van der Waals surface area (Å²) in [5.41, 5.74) is 3.18. The Bertz CT molecular complexity index is 582. The number of aryl methyl sites for hydroxylation is 2. The Morgan fingerprint density at radius 3 is 2.68 bits per heavy atom. The zero-order valence-electron chi connectivity index (χ0n) is 11.8. The number of hydrogen-bond donors (Lipinski definition) is 1. The monoisotopic (exact) mass is 257 g/mol. The smallest absolute Gasteiger partial charge is 0.227 e. The summed E-state index contributed by atoms with van der Waals surface area (Å²) in [6.07, 6.45) is 1.52. The van der Waals surface area contributed by atoms with Gasteiger partial charge in [-0.15, -0.1) is 0 Å². The first-order valence-electron chi connectivity index (χ1n) is 6.42. The van der Waals surface area contributed by atoms with Crippen LogP contribution in [0, 0.1) is 20.8 Å². The van der Waals surface area contributed by atoms with E-state index in [-0.39, 0.29) is 0 Å². The molecule has 2 aromatic rings. The zero-order chi connectivity index (χ0) is 13.8. The van der Waals surface area contributed by atoms with Gasteiger partial charge in [0.2, 0.25) is 5.88 Å². The normalized spacial score (nSPS) is 10.3. The fraction of sp³-hybridized carbons (Fsp3) is 0.333. The van der Waals surface area contributed by atoms with Gasteiger partial charge in [0.05, 0.1) is 5.56 Å². The summed E-state index contributed by atoms with van der Waals surface area (Å²) in [7, 11) is 0. The topological polar surface area (TPSA) is 47.0 Å². The van der Waals surface area contributed by atoms with E-state index in [1.807, 2.05) is 39.8 Å². The van der Waals surface area contributed by atoms with Gasteiger partial charge in [0.25, 0.3) is 0 Å². The van der Waals surface area contributed by atoms with Crippen LogP contribution in [-0.2, 0) is 0 Å². The molecule has 2 rings (SSSR count). The van der Waals surface area contributed by atoms with Crippen LogP contribution >= 0.6 is 0 Å². The van der Waals surface area contributed by atoms with Crippen molar-refractivity contribution in [2.75, 3.05) is 11.9 Å². The van der Waals surface area contributed by atoms with Crippen molar-refractivity contribution in [3.05, 3.63) is 41.2 Å². The average Bonchev–Trinajstić information content (AvgIpc) is 2.39. The summed E-state index contributed by atoms with van der Waals surface area (Å²) in [6.45, 7) is 8.88. The fourth-order valence-corrected chi connectivity index (χ4v) is 1.80. The van der Waals surface area contributed by atoms with Crippen molar-refractivity contribution in [1.29, 1.82) is 0 Å². The first-order chi connectivity index (χ1) is 9.11. The molecule has 0 atom stereocenters. The van der Waals surface area contributed by atoms with Gasteiger partial charge in [-0.25, -0.2) is 9.97 Å². The largest absolute Gasteiger partial charge is 0.438 e. The second kappa shape index (κ2) is 5.69. The number of nitrogens with one attached hydrogen (secondary N) is 1. The van der Waals surface area contributed by atoms with E-state index in [4.69, 9.17) is 4.74 Å². The lowest BCUT2D eigenvalue weighted by Gasteiger charge is -2.12.